The summed E-state index contributed by atoms with van der Waals surface area (Å²) in [5.74, 6) is 0.601. The van der Waals surface area contributed by atoms with Gasteiger partial charge in [-0.15, -0.1) is 0 Å². The number of hydrogen-bond donors (Lipinski definition) is 2. The summed E-state index contributed by atoms with van der Waals surface area (Å²) < 4.78 is 0. The minimum Gasteiger partial charge on any atom is -0.382 e. The average Bonchev–Trinajstić information content (AvgIpc) is 2.28. The zero-order chi connectivity index (χ0) is 12.3. The third kappa shape index (κ3) is 2.29. The van der Waals surface area contributed by atoms with Crippen LogP contribution in [-0.4, -0.2) is 28.4 Å². The van der Waals surface area contributed by atoms with Crippen molar-refractivity contribution in [1.29, 1.82) is 5.41 Å². The third-order valence-electron chi connectivity index (χ3n) is 3.02. The molecule has 1 aromatic rings. The van der Waals surface area contributed by atoms with Crippen molar-refractivity contribution in [2.45, 2.75) is 32.7 Å². The Kier molecular flexibility index (Phi) is 3.47. The van der Waals surface area contributed by atoms with Gasteiger partial charge in [-0.3, -0.25) is 5.41 Å². The van der Waals surface area contributed by atoms with Crippen LogP contribution in [0.2, 0.25) is 0 Å². The Hall–Kier alpha value is -1.65. The first-order chi connectivity index (χ1) is 7.40. The summed E-state index contributed by atoms with van der Waals surface area (Å²) in [5.41, 5.74) is 5.89. The highest BCUT2D eigenvalue weighted by Crippen LogP contribution is 2.24. The molecular weight excluding hydrogens is 202 g/mol. The van der Waals surface area contributed by atoms with Crippen LogP contribution in [0, 0.1) is 5.41 Å². The van der Waals surface area contributed by atoms with Crippen LogP contribution in [0.15, 0.2) is 12.4 Å². The molecule has 0 aliphatic carbocycles. The van der Waals surface area contributed by atoms with Crippen molar-refractivity contribution < 1.29 is 0 Å². The number of amidine groups is 1. The van der Waals surface area contributed by atoms with Gasteiger partial charge in [0.25, 0.3) is 0 Å². The van der Waals surface area contributed by atoms with Crippen molar-refractivity contribution in [3.63, 3.8) is 0 Å². The molecule has 0 saturated carbocycles. The molecule has 0 aliphatic heterocycles. The molecule has 0 spiro atoms. The fraction of sp³-hybridized carbons (Fsp3) is 0.545. The van der Waals surface area contributed by atoms with Crippen molar-refractivity contribution in [3.8, 4) is 0 Å². The van der Waals surface area contributed by atoms with Crippen LogP contribution < -0.4 is 10.6 Å². The number of nitrogen functional groups attached to an aromatic ring is 1. The monoisotopic (exact) mass is 221 g/mol. The molecule has 0 radical (unpaired) electrons. The van der Waals surface area contributed by atoms with Gasteiger partial charge < -0.3 is 10.6 Å². The van der Waals surface area contributed by atoms with E-state index in [9.17, 15) is 0 Å². The van der Waals surface area contributed by atoms with E-state index in [1.165, 1.54) is 0 Å². The van der Waals surface area contributed by atoms with E-state index >= 15 is 0 Å². The topological polar surface area (TPSA) is 78.9 Å². The summed E-state index contributed by atoms with van der Waals surface area (Å²) in [6.07, 6.45) is 4.13. The smallest absolute Gasteiger partial charge is 0.158 e. The highest BCUT2D eigenvalue weighted by Gasteiger charge is 2.25. The normalized spacial score (nSPS) is 11.2. The number of nitrogens with zero attached hydrogens (tertiary/aromatic N) is 3. The van der Waals surface area contributed by atoms with Crippen LogP contribution in [0.1, 0.15) is 32.9 Å². The molecule has 3 N–H and O–H groups in total. The lowest BCUT2D eigenvalue weighted by atomic mass is 10.00. The molecule has 1 heterocycles. The number of anilines is 1. The molecule has 88 valence electrons. The van der Waals surface area contributed by atoms with E-state index in [-0.39, 0.29) is 11.4 Å². The Morgan fingerprint density at radius 3 is 2.50 bits per heavy atom. The molecule has 0 amide bonds. The second kappa shape index (κ2) is 4.47. The molecule has 1 rings (SSSR count). The van der Waals surface area contributed by atoms with E-state index in [1.807, 2.05) is 11.9 Å². The first-order valence-corrected chi connectivity index (χ1v) is 5.29. The van der Waals surface area contributed by atoms with Crippen LogP contribution in [0.4, 0.5) is 5.82 Å². The highest BCUT2D eigenvalue weighted by atomic mass is 15.2. The maximum Gasteiger partial charge on any atom is 0.158 e. The van der Waals surface area contributed by atoms with Gasteiger partial charge >= 0.3 is 0 Å². The second-order valence-corrected chi connectivity index (χ2v) is 4.37. The lowest BCUT2D eigenvalue weighted by Gasteiger charge is -2.36. The van der Waals surface area contributed by atoms with Gasteiger partial charge in [0.1, 0.15) is 11.5 Å². The first kappa shape index (κ1) is 12.4. The summed E-state index contributed by atoms with van der Waals surface area (Å²) in [6.45, 7) is 6.34. The van der Waals surface area contributed by atoms with Crippen molar-refractivity contribution >= 4 is 11.7 Å². The third-order valence-corrected chi connectivity index (χ3v) is 3.02. The maximum absolute atomic E-state index is 7.48. The fourth-order valence-electron chi connectivity index (χ4n) is 1.29. The Labute approximate surface area is 96.2 Å². The van der Waals surface area contributed by atoms with Crippen LogP contribution in [0.5, 0.6) is 0 Å². The van der Waals surface area contributed by atoms with Gasteiger partial charge in [0.2, 0.25) is 0 Å². The van der Waals surface area contributed by atoms with Gasteiger partial charge in [-0.1, -0.05) is 6.92 Å². The van der Waals surface area contributed by atoms with Gasteiger partial charge in [0, 0.05) is 25.0 Å². The summed E-state index contributed by atoms with van der Waals surface area (Å²) in [5, 5.41) is 7.48. The van der Waals surface area contributed by atoms with E-state index < -0.39 is 0 Å². The predicted octanol–water partition coefficient (Wildman–Crippen LogP) is 1.39. The van der Waals surface area contributed by atoms with Gasteiger partial charge in [-0.2, -0.15) is 0 Å². The van der Waals surface area contributed by atoms with Crippen molar-refractivity contribution in [3.05, 3.63) is 18.1 Å². The quantitative estimate of drug-likeness (QED) is 0.594. The lowest BCUT2D eigenvalue weighted by Crippen LogP contribution is -2.42. The molecule has 0 aliphatic rings. The SMILES string of the molecule is CCC(C)(C)N(C)c1nccnc1C(=N)N. The molecule has 0 saturated heterocycles. The summed E-state index contributed by atoms with van der Waals surface area (Å²) in [4.78, 5) is 10.4. The largest absolute Gasteiger partial charge is 0.382 e. The summed E-state index contributed by atoms with van der Waals surface area (Å²) in [7, 11) is 1.94. The number of aromatic nitrogens is 2. The molecule has 0 bridgehead atoms. The Balaban J connectivity index is 3.18. The Bertz CT molecular complexity index is 386. The minimum atomic E-state index is -0.0538. The van der Waals surface area contributed by atoms with E-state index in [1.54, 1.807) is 12.4 Å². The molecule has 0 aromatic carbocycles. The number of nitrogens with one attached hydrogen (secondary N) is 1. The molecule has 0 fully saturated rings. The molecule has 0 atom stereocenters. The molecule has 5 nitrogen and oxygen atoms in total. The van der Waals surface area contributed by atoms with Crippen molar-refractivity contribution in [2.75, 3.05) is 11.9 Å². The summed E-state index contributed by atoms with van der Waals surface area (Å²) in [6, 6.07) is 0. The van der Waals surface area contributed by atoms with Crippen LogP contribution in [-0.2, 0) is 0 Å². The van der Waals surface area contributed by atoms with Gasteiger partial charge in [0.05, 0.1) is 0 Å². The average molecular weight is 221 g/mol. The van der Waals surface area contributed by atoms with Crippen LogP contribution in [0.3, 0.4) is 0 Å². The standard InChI is InChI=1S/C11H19N5/c1-5-11(2,3)16(4)10-8(9(12)13)14-6-7-15-10/h6-7H,5H2,1-4H3,(H3,12,13). The number of rotatable bonds is 4. The zero-order valence-electron chi connectivity index (χ0n) is 10.3. The second-order valence-electron chi connectivity index (χ2n) is 4.37. The van der Waals surface area contributed by atoms with E-state index in [0.29, 0.717) is 11.5 Å². The molecule has 0 unspecified atom stereocenters. The van der Waals surface area contributed by atoms with Gasteiger partial charge in [-0.05, 0) is 20.3 Å². The van der Waals surface area contributed by atoms with Gasteiger partial charge in [-0.25, -0.2) is 9.97 Å². The highest BCUT2D eigenvalue weighted by molar-refractivity contribution is 5.97. The lowest BCUT2D eigenvalue weighted by molar-refractivity contribution is 0.466. The first-order valence-electron chi connectivity index (χ1n) is 5.29. The Morgan fingerprint density at radius 1 is 1.44 bits per heavy atom. The number of nitrogens with two attached hydrogens (primary N) is 1. The van der Waals surface area contributed by atoms with Crippen molar-refractivity contribution in [2.24, 2.45) is 5.73 Å². The van der Waals surface area contributed by atoms with E-state index in [0.717, 1.165) is 6.42 Å². The zero-order valence-corrected chi connectivity index (χ0v) is 10.3. The van der Waals surface area contributed by atoms with Crippen molar-refractivity contribution in [1.82, 2.24) is 9.97 Å². The maximum atomic E-state index is 7.48. The molecule has 5 heteroatoms. The van der Waals surface area contributed by atoms with Crippen LogP contribution in [0.25, 0.3) is 0 Å². The fourth-order valence-corrected chi connectivity index (χ4v) is 1.29. The summed E-state index contributed by atoms with van der Waals surface area (Å²) >= 11 is 0. The Morgan fingerprint density at radius 2 is 2.00 bits per heavy atom. The molecular formula is C11H19N5. The predicted molar refractivity (Wildman–Crippen MR) is 65.8 cm³/mol. The molecule has 1 aromatic heterocycles. The van der Waals surface area contributed by atoms with Crippen LogP contribution >= 0.6 is 0 Å². The minimum absolute atomic E-state index is 0.0414. The van der Waals surface area contributed by atoms with E-state index in [2.05, 4.69) is 30.7 Å². The number of hydrogen-bond acceptors (Lipinski definition) is 4. The van der Waals surface area contributed by atoms with E-state index in [4.69, 9.17) is 11.1 Å². The van der Waals surface area contributed by atoms with Gasteiger partial charge in [0.15, 0.2) is 5.82 Å². The molecule has 16 heavy (non-hydrogen) atoms.